The molecule has 6 nitrogen and oxygen atoms in total. The monoisotopic (exact) mass is 389 g/mol. The minimum atomic E-state index is -0.622. The van der Waals surface area contributed by atoms with E-state index >= 15 is 0 Å². The van der Waals surface area contributed by atoms with Crippen LogP contribution in [0.2, 0.25) is 0 Å². The quantitative estimate of drug-likeness (QED) is 0.670. The van der Waals surface area contributed by atoms with Crippen LogP contribution in [-0.2, 0) is 13.0 Å². The van der Waals surface area contributed by atoms with Crippen LogP contribution >= 0.6 is 0 Å². The lowest BCUT2D eigenvalue weighted by Gasteiger charge is -2.21. The fourth-order valence-corrected chi connectivity index (χ4v) is 3.61. The summed E-state index contributed by atoms with van der Waals surface area (Å²) < 4.78 is 0. The van der Waals surface area contributed by atoms with E-state index < -0.39 is 5.91 Å². The summed E-state index contributed by atoms with van der Waals surface area (Å²) in [6, 6.07) is 8.24. The maximum atomic E-state index is 12.0. The largest absolute Gasteiger partial charge is 0.364 e. The van der Waals surface area contributed by atoms with Crippen LogP contribution in [0.25, 0.3) is 22.4 Å². The first kappa shape index (κ1) is 20.6. The third-order valence-electron chi connectivity index (χ3n) is 4.88. The number of amides is 1. The van der Waals surface area contributed by atoms with E-state index in [0.717, 1.165) is 45.6 Å². The molecule has 0 radical (unpaired) electrons. The molecule has 3 aromatic rings. The number of aromatic nitrogens is 3. The highest BCUT2D eigenvalue weighted by Gasteiger charge is 2.24. The van der Waals surface area contributed by atoms with Gasteiger partial charge in [-0.2, -0.15) is 0 Å². The lowest BCUT2D eigenvalue weighted by molar-refractivity contribution is 0.0996. The lowest BCUT2D eigenvalue weighted by atomic mass is 9.88. The highest BCUT2D eigenvalue weighted by molar-refractivity contribution is 6.00. The molecular formula is C23H27N5O. The van der Waals surface area contributed by atoms with Gasteiger partial charge >= 0.3 is 0 Å². The predicted molar refractivity (Wildman–Crippen MR) is 115 cm³/mol. The van der Waals surface area contributed by atoms with Gasteiger partial charge in [0.1, 0.15) is 5.69 Å². The zero-order chi connectivity index (χ0) is 21.1. The minimum absolute atomic E-state index is 0.130. The van der Waals surface area contributed by atoms with Gasteiger partial charge in [-0.15, -0.1) is 0 Å². The molecule has 0 bridgehead atoms. The van der Waals surface area contributed by atoms with Gasteiger partial charge in [-0.3, -0.25) is 14.8 Å². The van der Waals surface area contributed by atoms with Crippen molar-refractivity contribution < 1.29 is 4.79 Å². The maximum absolute atomic E-state index is 12.0. The van der Waals surface area contributed by atoms with Crippen molar-refractivity contribution in [2.24, 2.45) is 17.4 Å². The number of hydrogen-bond acceptors (Lipinski definition) is 5. The number of carbonyl (C=O) groups excluding carboxylic acids is 1. The van der Waals surface area contributed by atoms with Gasteiger partial charge in [-0.05, 0) is 42.9 Å². The van der Waals surface area contributed by atoms with E-state index in [-0.39, 0.29) is 5.69 Å². The van der Waals surface area contributed by atoms with Crippen molar-refractivity contribution in [2.75, 3.05) is 0 Å². The number of nitrogens with two attached hydrogens (primary N) is 2. The molecule has 29 heavy (non-hydrogen) atoms. The van der Waals surface area contributed by atoms with Crippen LogP contribution in [0, 0.1) is 19.8 Å². The van der Waals surface area contributed by atoms with E-state index in [9.17, 15) is 4.79 Å². The Morgan fingerprint density at radius 3 is 2.28 bits per heavy atom. The van der Waals surface area contributed by atoms with E-state index in [1.807, 2.05) is 13.8 Å². The molecule has 1 aromatic carbocycles. The van der Waals surface area contributed by atoms with Gasteiger partial charge in [0.05, 0.1) is 0 Å². The Morgan fingerprint density at radius 2 is 1.69 bits per heavy atom. The van der Waals surface area contributed by atoms with Gasteiger partial charge in [0.15, 0.2) is 5.69 Å². The molecule has 0 fully saturated rings. The van der Waals surface area contributed by atoms with E-state index in [1.165, 1.54) is 6.20 Å². The molecule has 2 aromatic heterocycles. The van der Waals surface area contributed by atoms with Crippen LogP contribution in [0.5, 0.6) is 0 Å². The Balaban J connectivity index is 2.42. The number of benzene rings is 1. The Morgan fingerprint density at radius 1 is 1.03 bits per heavy atom. The standard InChI is InChI=1S/C23H27N5O/c1-13(2)11-18-17(12-24)20(16-7-5-14(3)6-8-16)19(15(4)28-18)21-22(23(25)29)27-10-9-26-21/h5-10,13H,11-12,24H2,1-4H3,(H2,25,29). The Hall–Kier alpha value is -3.12. The predicted octanol–water partition coefficient (Wildman–Crippen LogP) is 3.58. The van der Waals surface area contributed by atoms with Gasteiger partial charge in [-0.1, -0.05) is 43.7 Å². The van der Waals surface area contributed by atoms with Gasteiger partial charge in [0.2, 0.25) is 0 Å². The van der Waals surface area contributed by atoms with Crippen molar-refractivity contribution in [3.8, 4) is 22.4 Å². The van der Waals surface area contributed by atoms with Crippen LogP contribution < -0.4 is 11.5 Å². The van der Waals surface area contributed by atoms with Crippen molar-refractivity contribution >= 4 is 5.91 Å². The second-order valence-corrected chi connectivity index (χ2v) is 7.66. The molecule has 0 aliphatic rings. The molecule has 0 aliphatic heterocycles. The average molecular weight is 390 g/mol. The topological polar surface area (TPSA) is 108 Å². The van der Waals surface area contributed by atoms with Crippen molar-refractivity contribution in [1.29, 1.82) is 0 Å². The zero-order valence-corrected chi connectivity index (χ0v) is 17.4. The van der Waals surface area contributed by atoms with E-state index in [0.29, 0.717) is 18.2 Å². The summed E-state index contributed by atoms with van der Waals surface area (Å²) in [5.74, 6) is -0.190. The molecule has 1 amide bonds. The molecule has 0 saturated heterocycles. The van der Waals surface area contributed by atoms with Crippen LogP contribution in [0.1, 0.15) is 46.9 Å². The summed E-state index contributed by atoms with van der Waals surface area (Å²) in [7, 11) is 0. The van der Waals surface area contributed by atoms with E-state index in [1.54, 1.807) is 6.20 Å². The highest BCUT2D eigenvalue weighted by atomic mass is 16.1. The number of primary amides is 1. The molecule has 0 saturated carbocycles. The molecule has 0 atom stereocenters. The third kappa shape index (κ3) is 4.17. The van der Waals surface area contributed by atoms with Crippen molar-refractivity contribution in [3.05, 3.63) is 64.9 Å². The molecular weight excluding hydrogens is 362 g/mol. The summed E-state index contributed by atoms with van der Waals surface area (Å²) >= 11 is 0. The molecule has 150 valence electrons. The van der Waals surface area contributed by atoms with E-state index in [2.05, 4.69) is 48.1 Å². The van der Waals surface area contributed by atoms with E-state index in [4.69, 9.17) is 16.5 Å². The summed E-state index contributed by atoms with van der Waals surface area (Å²) in [5.41, 5.74) is 19.0. The first-order valence-electron chi connectivity index (χ1n) is 9.74. The smallest absolute Gasteiger partial charge is 0.269 e. The summed E-state index contributed by atoms with van der Waals surface area (Å²) in [5, 5.41) is 0. The number of pyridine rings is 1. The Labute approximate surface area is 171 Å². The van der Waals surface area contributed by atoms with Gasteiger partial charge in [-0.25, -0.2) is 4.98 Å². The molecule has 4 N–H and O–H groups in total. The van der Waals surface area contributed by atoms with Crippen LogP contribution in [0.15, 0.2) is 36.7 Å². The van der Waals surface area contributed by atoms with Crippen molar-refractivity contribution in [3.63, 3.8) is 0 Å². The third-order valence-corrected chi connectivity index (χ3v) is 4.88. The second-order valence-electron chi connectivity index (χ2n) is 7.66. The fraction of sp³-hybridized carbons (Fsp3) is 0.304. The van der Waals surface area contributed by atoms with Crippen LogP contribution in [0.3, 0.4) is 0 Å². The first-order chi connectivity index (χ1) is 13.8. The number of aryl methyl sites for hydroxylation is 2. The second kappa shape index (κ2) is 8.49. The number of nitrogens with zero attached hydrogens (tertiary/aromatic N) is 3. The lowest BCUT2D eigenvalue weighted by Crippen LogP contribution is -2.17. The Bertz CT molecular complexity index is 1040. The summed E-state index contributed by atoms with van der Waals surface area (Å²) in [6.45, 7) is 8.62. The van der Waals surface area contributed by atoms with Crippen LogP contribution in [-0.4, -0.2) is 20.9 Å². The SMILES string of the molecule is Cc1ccc(-c2c(CN)c(CC(C)C)nc(C)c2-c2nccnc2C(N)=O)cc1. The van der Waals surface area contributed by atoms with Gasteiger partial charge in [0.25, 0.3) is 5.91 Å². The Kier molecular flexibility index (Phi) is 6.03. The number of carbonyl (C=O) groups is 1. The number of rotatable bonds is 6. The molecule has 6 heteroatoms. The van der Waals surface area contributed by atoms with Crippen molar-refractivity contribution in [1.82, 2.24) is 15.0 Å². The fourth-order valence-electron chi connectivity index (χ4n) is 3.61. The molecule has 3 rings (SSSR count). The van der Waals surface area contributed by atoms with Gasteiger partial charge < -0.3 is 11.5 Å². The van der Waals surface area contributed by atoms with Crippen LogP contribution in [0.4, 0.5) is 0 Å². The zero-order valence-electron chi connectivity index (χ0n) is 17.4. The summed E-state index contributed by atoms with van der Waals surface area (Å²) in [6.07, 6.45) is 3.84. The van der Waals surface area contributed by atoms with Crippen molar-refractivity contribution in [2.45, 2.75) is 40.7 Å². The number of hydrogen-bond donors (Lipinski definition) is 2. The molecule has 2 heterocycles. The minimum Gasteiger partial charge on any atom is -0.364 e. The van der Waals surface area contributed by atoms with Gasteiger partial charge in [0, 0.05) is 35.9 Å². The highest BCUT2D eigenvalue weighted by Crippen LogP contribution is 2.38. The maximum Gasteiger partial charge on any atom is 0.269 e. The summed E-state index contributed by atoms with van der Waals surface area (Å²) in [4.78, 5) is 25.5. The molecule has 0 spiro atoms. The average Bonchev–Trinajstić information content (AvgIpc) is 2.67. The first-order valence-corrected chi connectivity index (χ1v) is 9.74. The molecule has 0 aliphatic carbocycles. The molecule has 0 unspecified atom stereocenters. The normalized spacial score (nSPS) is 11.1.